The Morgan fingerprint density at radius 3 is 2.91 bits per heavy atom. The van der Waals surface area contributed by atoms with Crippen molar-refractivity contribution in [2.75, 3.05) is 13.2 Å². The Morgan fingerprint density at radius 2 is 2.17 bits per heavy atom. The number of hydrogen-bond acceptors (Lipinski definition) is 6. The summed E-state index contributed by atoms with van der Waals surface area (Å²) in [6, 6.07) is -0.175. The van der Waals surface area contributed by atoms with Gasteiger partial charge in [0.15, 0.2) is 12.4 Å². The van der Waals surface area contributed by atoms with Gasteiger partial charge in [-0.1, -0.05) is 20.8 Å². The van der Waals surface area contributed by atoms with E-state index in [0.29, 0.717) is 19.0 Å². The zero-order valence-corrected chi connectivity index (χ0v) is 13.9. The Labute approximate surface area is 135 Å². The first-order valence-corrected chi connectivity index (χ1v) is 7.83. The molecule has 0 spiro atoms. The highest BCUT2D eigenvalue weighted by Gasteiger charge is 2.41. The largest absolute Gasteiger partial charge is 0.378 e. The lowest BCUT2D eigenvalue weighted by Gasteiger charge is -2.30. The number of nitrogens with zero attached hydrogens (tertiary/aromatic N) is 4. The van der Waals surface area contributed by atoms with E-state index in [1.807, 2.05) is 6.92 Å². The van der Waals surface area contributed by atoms with Gasteiger partial charge >= 0.3 is 0 Å². The Kier molecular flexibility index (Phi) is 4.33. The lowest BCUT2D eigenvalue weighted by molar-refractivity contribution is -0.0658. The Balaban J connectivity index is 1.59. The van der Waals surface area contributed by atoms with E-state index >= 15 is 0 Å². The number of fused-ring (bicyclic) bond motifs is 1. The molecule has 3 rings (SSSR count). The van der Waals surface area contributed by atoms with Crippen LogP contribution in [0.1, 0.15) is 27.7 Å². The van der Waals surface area contributed by atoms with E-state index in [0.717, 1.165) is 0 Å². The first kappa shape index (κ1) is 16.3. The highest BCUT2D eigenvalue weighted by Crippen LogP contribution is 2.30. The molecule has 0 saturated carbocycles. The van der Waals surface area contributed by atoms with Gasteiger partial charge in [0.2, 0.25) is 0 Å². The fourth-order valence-electron chi connectivity index (χ4n) is 2.65. The second kappa shape index (κ2) is 6.13. The van der Waals surface area contributed by atoms with Gasteiger partial charge in [0.05, 0.1) is 19.6 Å². The zero-order chi connectivity index (χ0) is 16.6. The summed E-state index contributed by atoms with van der Waals surface area (Å²) >= 11 is 0. The molecular formula is C16H23FN4O2. The third-order valence-electron chi connectivity index (χ3n) is 3.69. The first-order valence-electron chi connectivity index (χ1n) is 7.83. The van der Waals surface area contributed by atoms with Crippen molar-refractivity contribution in [1.82, 2.24) is 4.90 Å². The maximum absolute atomic E-state index is 14.3. The summed E-state index contributed by atoms with van der Waals surface area (Å²) in [4.78, 5) is 14.6. The lowest BCUT2D eigenvalue weighted by Crippen LogP contribution is -2.45. The summed E-state index contributed by atoms with van der Waals surface area (Å²) in [5, 5.41) is 0. The Bertz CT molecular complexity index is 579. The highest BCUT2D eigenvalue weighted by molar-refractivity contribution is 5.93. The van der Waals surface area contributed by atoms with E-state index < -0.39 is 12.3 Å². The van der Waals surface area contributed by atoms with Crippen molar-refractivity contribution in [1.29, 1.82) is 0 Å². The van der Waals surface area contributed by atoms with Crippen LogP contribution in [0.3, 0.4) is 0 Å². The van der Waals surface area contributed by atoms with Crippen molar-refractivity contribution < 1.29 is 13.9 Å². The highest BCUT2D eigenvalue weighted by atomic mass is 19.1. The minimum Gasteiger partial charge on any atom is -0.378 e. The van der Waals surface area contributed by atoms with Crippen molar-refractivity contribution >= 4 is 18.4 Å². The van der Waals surface area contributed by atoms with Crippen LogP contribution < -0.4 is 0 Å². The summed E-state index contributed by atoms with van der Waals surface area (Å²) < 4.78 is 25.7. The number of rotatable bonds is 4. The van der Waals surface area contributed by atoms with Crippen LogP contribution in [0.15, 0.2) is 26.9 Å². The maximum atomic E-state index is 14.3. The van der Waals surface area contributed by atoms with Crippen molar-refractivity contribution in [2.24, 2.45) is 20.4 Å². The number of ether oxygens (including phenoxy) is 2. The molecule has 3 unspecified atom stereocenters. The summed E-state index contributed by atoms with van der Waals surface area (Å²) in [5.41, 5.74) is 0.0722. The van der Waals surface area contributed by atoms with E-state index in [1.165, 1.54) is 6.08 Å². The van der Waals surface area contributed by atoms with Crippen LogP contribution in [-0.4, -0.2) is 61.0 Å². The van der Waals surface area contributed by atoms with Crippen LogP contribution in [0.2, 0.25) is 0 Å². The quantitative estimate of drug-likeness (QED) is 0.797. The average Bonchev–Trinajstić information content (AvgIpc) is 3.00. The topological polar surface area (TPSA) is 58.8 Å². The lowest BCUT2D eigenvalue weighted by atomic mass is 9.99. The van der Waals surface area contributed by atoms with E-state index in [-0.39, 0.29) is 23.4 Å². The summed E-state index contributed by atoms with van der Waals surface area (Å²) in [6.07, 6.45) is 3.34. The number of hydrogen-bond donors (Lipinski definition) is 0. The van der Waals surface area contributed by atoms with Crippen LogP contribution in [0.25, 0.3) is 0 Å². The third kappa shape index (κ3) is 3.67. The standard InChI is InChI=1S/C16H23FN4O2/c1-10-18-6-13-14(20-10)21(9-19-13)15-12(17)5-11(23-15)7-22-8-16(2,3)4/h5-6,9,11,13-15H,7-8H2,1-4H3/t11-,13?,14?,15?/m0/s1. The van der Waals surface area contributed by atoms with Crippen molar-refractivity contribution in [3.63, 3.8) is 0 Å². The van der Waals surface area contributed by atoms with Gasteiger partial charge in [-0.25, -0.2) is 14.4 Å². The van der Waals surface area contributed by atoms with Gasteiger partial charge in [0.1, 0.15) is 23.8 Å². The maximum Gasteiger partial charge on any atom is 0.186 e. The zero-order valence-electron chi connectivity index (χ0n) is 13.9. The molecule has 0 fully saturated rings. The van der Waals surface area contributed by atoms with Crippen LogP contribution in [0.4, 0.5) is 4.39 Å². The molecule has 0 saturated heterocycles. The van der Waals surface area contributed by atoms with Crippen molar-refractivity contribution in [2.45, 2.75) is 52.2 Å². The molecule has 126 valence electrons. The fraction of sp³-hybridized carbons (Fsp3) is 0.688. The molecule has 0 amide bonds. The molecule has 23 heavy (non-hydrogen) atoms. The van der Waals surface area contributed by atoms with Crippen molar-refractivity contribution in [3.8, 4) is 0 Å². The molecule has 6 nitrogen and oxygen atoms in total. The van der Waals surface area contributed by atoms with E-state index in [2.05, 4.69) is 35.7 Å². The monoisotopic (exact) mass is 322 g/mol. The SMILES string of the molecule is CC1=NC2C(C=N1)N=CN2C1O[C@H](COCC(C)(C)C)C=C1F. The fourth-order valence-corrected chi connectivity index (χ4v) is 2.65. The first-order chi connectivity index (χ1) is 10.8. The Hall–Kier alpha value is -1.60. The number of amidine groups is 1. The molecule has 0 aliphatic carbocycles. The normalized spacial score (nSPS) is 33.0. The van der Waals surface area contributed by atoms with Gasteiger partial charge < -0.3 is 14.4 Å². The molecular weight excluding hydrogens is 299 g/mol. The minimum atomic E-state index is -0.792. The van der Waals surface area contributed by atoms with Gasteiger partial charge in [0, 0.05) is 6.21 Å². The van der Waals surface area contributed by atoms with Gasteiger partial charge in [0.25, 0.3) is 0 Å². The molecule has 3 aliphatic rings. The van der Waals surface area contributed by atoms with E-state index in [9.17, 15) is 4.39 Å². The smallest absolute Gasteiger partial charge is 0.186 e. The van der Waals surface area contributed by atoms with Gasteiger partial charge in [-0.2, -0.15) is 0 Å². The van der Waals surface area contributed by atoms with Gasteiger partial charge in [-0.15, -0.1) is 0 Å². The second-order valence-electron chi connectivity index (χ2n) is 7.22. The third-order valence-corrected chi connectivity index (χ3v) is 3.69. The number of aliphatic imine (C=N–C) groups is 3. The van der Waals surface area contributed by atoms with Crippen LogP contribution in [0, 0.1) is 5.41 Å². The van der Waals surface area contributed by atoms with Crippen LogP contribution >= 0.6 is 0 Å². The molecule has 0 aromatic rings. The second-order valence-corrected chi connectivity index (χ2v) is 7.22. The molecule has 0 aromatic heterocycles. The minimum absolute atomic E-state index is 0.0722. The van der Waals surface area contributed by atoms with Gasteiger partial charge in [-0.05, 0) is 18.4 Å². The Morgan fingerprint density at radius 1 is 1.39 bits per heavy atom. The molecule has 3 heterocycles. The summed E-state index contributed by atoms with van der Waals surface area (Å²) in [6.45, 7) is 9.02. The average molecular weight is 322 g/mol. The molecule has 3 aliphatic heterocycles. The number of halogens is 1. The van der Waals surface area contributed by atoms with Crippen LogP contribution in [0.5, 0.6) is 0 Å². The molecule has 0 aromatic carbocycles. The predicted octanol–water partition coefficient (Wildman–Crippen LogP) is 2.17. The predicted molar refractivity (Wildman–Crippen MR) is 87.6 cm³/mol. The van der Waals surface area contributed by atoms with Gasteiger partial charge in [-0.3, -0.25) is 4.99 Å². The summed E-state index contributed by atoms with van der Waals surface area (Å²) in [7, 11) is 0. The summed E-state index contributed by atoms with van der Waals surface area (Å²) in [5.74, 6) is 0.339. The molecule has 4 atom stereocenters. The molecule has 0 bridgehead atoms. The molecule has 0 N–H and O–H groups in total. The van der Waals surface area contributed by atoms with E-state index in [4.69, 9.17) is 9.47 Å². The van der Waals surface area contributed by atoms with Crippen molar-refractivity contribution in [3.05, 3.63) is 11.9 Å². The van der Waals surface area contributed by atoms with Crippen LogP contribution in [-0.2, 0) is 9.47 Å². The van der Waals surface area contributed by atoms with E-state index in [1.54, 1.807) is 17.5 Å². The molecule has 0 radical (unpaired) electrons. The molecule has 7 heteroatoms.